The van der Waals surface area contributed by atoms with Crippen molar-refractivity contribution in [1.82, 2.24) is 19.6 Å². The second-order valence-corrected chi connectivity index (χ2v) is 11.4. The lowest BCUT2D eigenvalue weighted by Gasteiger charge is -2.47. The topological polar surface area (TPSA) is 151 Å². The van der Waals surface area contributed by atoms with Gasteiger partial charge in [-0.25, -0.2) is 14.5 Å². The number of β-lactam (4-membered cyclic amide) rings is 1. The maximum absolute atomic E-state index is 13.2. The van der Waals surface area contributed by atoms with E-state index in [4.69, 9.17) is 11.1 Å². The molecule has 3 heterocycles. The first-order chi connectivity index (χ1) is 19.7. The predicted octanol–water partition coefficient (Wildman–Crippen LogP) is 2.35. The lowest BCUT2D eigenvalue weighted by molar-refractivity contribution is -0.167. The highest BCUT2D eigenvalue weighted by Gasteiger charge is 2.56. The maximum Gasteiger partial charge on any atom is 0.327 e. The molecule has 3 atom stereocenters. The molecule has 4 aliphatic rings. The molecule has 11 heteroatoms. The van der Waals surface area contributed by atoms with E-state index in [1.165, 1.54) is 21.6 Å². The molecule has 3 aliphatic heterocycles. The van der Waals surface area contributed by atoms with Gasteiger partial charge in [0, 0.05) is 45.7 Å². The fourth-order valence-electron chi connectivity index (χ4n) is 6.44. The van der Waals surface area contributed by atoms with Crippen LogP contribution in [0.4, 0.5) is 4.79 Å². The summed E-state index contributed by atoms with van der Waals surface area (Å²) in [7, 11) is 0. The number of allylic oxidation sites excluding steroid dienone is 4. The Kier molecular flexibility index (Phi) is 8.41. The van der Waals surface area contributed by atoms with Crippen molar-refractivity contribution in [3.8, 4) is 0 Å². The summed E-state index contributed by atoms with van der Waals surface area (Å²) >= 11 is 0. The number of amides is 4. The van der Waals surface area contributed by atoms with Crippen LogP contribution in [0.1, 0.15) is 44.1 Å². The fourth-order valence-corrected chi connectivity index (χ4v) is 6.44. The van der Waals surface area contributed by atoms with Gasteiger partial charge < -0.3 is 25.5 Å². The average molecular weight is 563 g/mol. The molecule has 4 N–H and O–H groups in total. The summed E-state index contributed by atoms with van der Waals surface area (Å²) in [5.41, 5.74) is 9.28. The molecule has 0 spiro atoms. The Bertz CT molecular complexity index is 1270. The number of hydrogen-bond donors (Lipinski definition) is 3. The van der Waals surface area contributed by atoms with E-state index >= 15 is 0 Å². The Morgan fingerprint density at radius 2 is 1.68 bits per heavy atom. The summed E-state index contributed by atoms with van der Waals surface area (Å²) in [4.78, 5) is 57.0. The number of nitrogens with one attached hydrogen (secondary N) is 1. The lowest BCUT2D eigenvalue weighted by Crippen LogP contribution is -2.70. The number of aliphatic carboxylic acids is 1. The molecule has 3 saturated heterocycles. The molecule has 218 valence electrons. The number of carboxylic acid groups (broad SMARTS) is 1. The van der Waals surface area contributed by atoms with Crippen LogP contribution < -0.4 is 5.73 Å². The van der Waals surface area contributed by atoms with Crippen LogP contribution in [0.3, 0.4) is 0 Å². The third kappa shape index (κ3) is 6.13. The number of likely N-dealkylation sites (tertiary alicyclic amines) is 2. The van der Waals surface area contributed by atoms with Gasteiger partial charge in [-0.05, 0) is 49.2 Å². The number of carbonyl (C=O) groups is 4. The van der Waals surface area contributed by atoms with Crippen LogP contribution in [0.2, 0.25) is 0 Å². The first-order valence-electron chi connectivity index (χ1n) is 14.4. The van der Waals surface area contributed by atoms with Crippen LogP contribution in [0, 0.1) is 17.2 Å². The minimum atomic E-state index is -1.20. The third-order valence-electron chi connectivity index (χ3n) is 8.77. The Labute approximate surface area is 239 Å². The van der Waals surface area contributed by atoms with Crippen molar-refractivity contribution in [2.75, 3.05) is 39.3 Å². The number of urea groups is 1. The molecule has 4 amide bonds. The van der Waals surface area contributed by atoms with E-state index in [1.807, 2.05) is 18.2 Å². The van der Waals surface area contributed by atoms with Crippen molar-refractivity contribution in [3.63, 3.8) is 0 Å². The number of carbonyl (C=O) groups excluding carboxylic acids is 3. The highest BCUT2D eigenvalue weighted by atomic mass is 16.4. The summed E-state index contributed by atoms with van der Waals surface area (Å²) in [5.74, 6) is -2.38. The molecule has 3 fully saturated rings. The lowest BCUT2D eigenvalue weighted by atomic mass is 9.78. The average Bonchev–Trinajstić information content (AvgIpc) is 3.46. The minimum absolute atomic E-state index is 0.0244. The van der Waals surface area contributed by atoms with Gasteiger partial charge in [0.2, 0.25) is 11.8 Å². The number of piperazine rings is 1. The molecule has 0 bridgehead atoms. The molecular weight excluding hydrogens is 524 g/mol. The van der Waals surface area contributed by atoms with E-state index in [0.29, 0.717) is 45.4 Å². The highest BCUT2D eigenvalue weighted by Crippen LogP contribution is 2.36. The molecule has 3 unspecified atom stereocenters. The number of imide groups is 1. The molecule has 0 radical (unpaired) electrons. The largest absolute Gasteiger partial charge is 0.480 e. The van der Waals surface area contributed by atoms with Crippen LogP contribution in [0.15, 0.2) is 48.1 Å². The zero-order valence-corrected chi connectivity index (χ0v) is 23.2. The fraction of sp³-hybridized carbons (Fsp3) is 0.500. The second kappa shape index (κ2) is 12.2. The van der Waals surface area contributed by atoms with Gasteiger partial charge in [0.1, 0.15) is 0 Å². The molecule has 0 saturated carbocycles. The number of nitrogens with two attached hydrogens (primary N) is 1. The van der Waals surface area contributed by atoms with Gasteiger partial charge in [0.15, 0.2) is 12.0 Å². The van der Waals surface area contributed by atoms with Crippen LogP contribution in [0.5, 0.6) is 0 Å². The van der Waals surface area contributed by atoms with E-state index in [2.05, 4.69) is 24.3 Å². The van der Waals surface area contributed by atoms with Crippen molar-refractivity contribution >= 4 is 35.3 Å². The number of rotatable bonds is 7. The smallest absolute Gasteiger partial charge is 0.327 e. The molecule has 0 aromatic heterocycles. The maximum atomic E-state index is 13.2. The van der Waals surface area contributed by atoms with Gasteiger partial charge in [-0.3, -0.25) is 15.0 Å². The Morgan fingerprint density at radius 1 is 0.976 bits per heavy atom. The predicted molar refractivity (Wildman–Crippen MR) is 152 cm³/mol. The van der Waals surface area contributed by atoms with Gasteiger partial charge in [-0.15, -0.1) is 0 Å². The van der Waals surface area contributed by atoms with Crippen LogP contribution >= 0.6 is 0 Å². The summed E-state index contributed by atoms with van der Waals surface area (Å²) < 4.78 is 0. The van der Waals surface area contributed by atoms with Crippen molar-refractivity contribution in [1.29, 1.82) is 5.41 Å². The molecule has 1 aromatic rings. The van der Waals surface area contributed by atoms with Gasteiger partial charge in [0.05, 0.1) is 5.92 Å². The molecular formula is C30H38N6O5. The van der Waals surface area contributed by atoms with Crippen LogP contribution in [-0.2, 0) is 14.4 Å². The first-order valence-corrected chi connectivity index (χ1v) is 14.4. The number of piperidine rings is 1. The number of nitrogens with zero attached hydrogens (tertiary/aromatic N) is 4. The zero-order valence-electron chi connectivity index (χ0n) is 23.2. The zero-order chi connectivity index (χ0) is 29.1. The normalized spacial score (nSPS) is 24.5. The van der Waals surface area contributed by atoms with Gasteiger partial charge in [-0.1, -0.05) is 48.1 Å². The second-order valence-electron chi connectivity index (χ2n) is 11.4. The molecule has 11 nitrogen and oxygen atoms in total. The van der Waals surface area contributed by atoms with Gasteiger partial charge >= 0.3 is 12.0 Å². The third-order valence-corrected chi connectivity index (χ3v) is 8.77. The Morgan fingerprint density at radius 3 is 2.37 bits per heavy atom. The van der Waals surface area contributed by atoms with Crippen LogP contribution in [-0.4, -0.2) is 99.8 Å². The van der Waals surface area contributed by atoms with Crippen LogP contribution in [0.25, 0.3) is 5.57 Å². The molecule has 1 aromatic carbocycles. The number of guanidine groups is 1. The van der Waals surface area contributed by atoms with E-state index in [-0.39, 0.29) is 30.9 Å². The minimum Gasteiger partial charge on any atom is -0.480 e. The molecule has 1 aliphatic carbocycles. The van der Waals surface area contributed by atoms with E-state index in [1.54, 1.807) is 9.80 Å². The Balaban J connectivity index is 1.08. The van der Waals surface area contributed by atoms with Crippen molar-refractivity contribution < 1.29 is 24.3 Å². The van der Waals surface area contributed by atoms with Crippen molar-refractivity contribution in [3.05, 3.63) is 53.6 Å². The van der Waals surface area contributed by atoms with Crippen molar-refractivity contribution in [2.24, 2.45) is 17.6 Å². The van der Waals surface area contributed by atoms with Crippen molar-refractivity contribution in [2.45, 2.75) is 44.6 Å². The van der Waals surface area contributed by atoms with Gasteiger partial charge in [-0.2, -0.15) is 0 Å². The van der Waals surface area contributed by atoms with Gasteiger partial charge in [0.25, 0.3) is 0 Å². The summed E-state index contributed by atoms with van der Waals surface area (Å²) in [6.45, 7) is 2.40. The van der Waals surface area contributed by atoms with E-state index in [9.17, 15) is 24.3 Å². The van der Waals surface area contributed by atoms with E-state index in [0.717, 1.165) is 24.2 Å². The standard InChI is InChI=1S/C30H38N6O5/c31-29(32)35-12-4-5-21(19-35)18-24-26(28(39)40)36(27(24)38)30(41)34-15-13-33(14-16-34)25(37)11-9-20-8-10-23(17-20)22-6-2-1-3-7-22/h1-3,6-8,10,21,24,26H,4-5,9,11-19H2,(H3,31,32)(H,39,40). The summed E-state index contributed by atoms with van der Waals surface area (Å²) in [6, 6.07) is 8.39. The van der Waals surface area contributed by atoms with E-state index < -0.39 is 29.9 Å². The monoisotopic (exact) mass is 562 g/mol. The molecule has 5 rings (SSSR count). The SMILES string of the molecule is N=C(N)N1CCCC(CC2C(=O)N(C(=O)N3CCN(C(=O)CCC4=CC=C(c5ccccc5)C4)CC3)C2C(=O)O)C1. The number of hydrogen-bond acceptors (Lipinski definition) is 5. The highest BCUT2D eigenvalue weighted by molar-refractivity contribution is 6.07. The summed E-state index contributed by atoms with van der Waals surface area (Å²) in [6.07, 6.45) is 8.11. The number of benzene rings is 1. The molecule has 41 heavy (non-hydrogen) atoms. The Hall–Kier alpha value is -4.15. The first kappa shape index (κ1) is 28.4. The summed E-state index contributed by atoms with van der Waals surface area (Å²) in [5, 5.41) is 17.5. The quantitative estimate of drug-likeness (QED) is 0.262. The number of carboxylic acids is 1.